The smallest absolute Gasteiger partial charge is 0.355 e. The van der Waals surface area contributed by atoms with Gasteiger partial charge in [0.15, 0.2) is 10.8 Å². The number of carboxylic acids is 1. The van der Waals surface area contributed by atoms with Crippen LogP contribution in [0.2, 0.25) is 0 Å². The van der Waals surface area contributed by atoms with Crippen molar-refractivity contribution in [2.75, 3.05) is 30.5 Å². The Balaban J connectivity index is 1.14. The maximum Gasteiger partial charge on any atom is 0.355 e. The Morgan fingerprint density at radius 3 is 2.64 bits per heavy atom. The van der Waals surface area contributed by atoms with E-state index in [1.165, 1.54) is 30.6 Å². The molecule has 1 aliphatic carbocycles. The summed E-state index contributed by atoms with van der Waals surface area (Å²) >= 11 is 1.44. The lowest BCUT2D eigenvalue weighted by Crippen LogP contribution is -2.34. The van der Waals surface area contributed by atoms with Crippen LogP contribution in [-0.4, -0.2) is 57.0 Å². The van der Waals surface area contributed by atoms with Gasteiger partial charge in [-0.1, -0.05) is 54.9 Å². The van der Waals surface area contributed by atoms with Crippen molar-refractivity contribution in [3.63, 3.8) is 0 Å². The van der Waals surface area contributed by atoms with Gasteiger partial charge >= 0.3 is 5.97 Å². The van der Waals surface area contributed by atoms with Crippen molar-refractivity contribution >= 4 is 44.4 Å². The molecule has 4 heterocycles. The Labute approximate surface area is 277 Å². The summed E-state index contributed by atoms with van der Waals surface area (Å²) in [5, 5.41) is 18.6. The fourth-order valence-electron chi connectivity index (χ4n) is 7.23. The Morgan fingerprint density at radius 1 is 1.02 bits per heavy atom. The van der Waals surface area contributed by atoms with E-state index in [0.717, 1.165) is 52.0 Å². The van der Waals surface area contributed by atoms with Crippen LogP contribution in [0, 0.1) is 12.3 Å². The number of carboxylic acid groups (broad SMARTS) is 1. The molecule has 2 N–H and O–H groups in total. The molecule has 47 heavy (non-hydrogen) atoms. The normalized spacial score (nSPS) is 15.8. The molecule has 1 amide bonds. The zero-order chi connectivity index (χ0) is 32.5. The summed E-state index contributed by atoms with van der Waals surface area (Å²) in [5.74, 6) is -0.750. The van der Waals surface area contributed by atoms with E-state index in [9.17, 15) is 14.7 Å². The molecule has 0 spiro atoms. The molecule has 1 saturated carbocycles. The molecule has 0 saturated heterocycles. The summed E-state index contributed by atoms with van der Waals surface area (Å²) in [6, 6.07) is 17.3. The van der Waals surface area contributed by atoms with Crippen LogP contribution in [0.3, 0.4) is 0 Å². The largest absolute Gasteiger partial charge is 0.476 e. The van der Waals surface area contributed by atoms with Crippen molar-refractivity contribution in [1.29, 1.82) is 0 Å². The van der Waals surface area contributed by atoms with Crippen LogP contribution in [0.1, 0.15) is 69.8 Å². The number of thiazole rings is 1. The lowest BCUT2D eigenvalue weighted by atomic mass is 9.74. The van der Waals surface area contributed by atoms with E-state index >= 15 is 0 Å². The van der Waals surface area contributed by atoms with Crippen molar-refractivity contribution in [1.82, 2.24) is 19.7 Å². The minimum Gasteiger partial charge on any atom is -0.476 e. The Bertz CT molecular complexity index is 1920. The van der Waals surface area contributed by atoms with Gasteiger partial charge in [0.2, 0.25) is 0 Å². The zero-order valence-corrected chi connectivity index (χ0v) is 27.5. The summed E-state index contributed by atoms with van der Waals surface area (Å²) in [5.41, 5.74) is 5.68. The highest BCUT2D eigenvalue weighted by atomic mass is 32.1. The van der Waals surface area contributed by atoms with Crippen LogP contribution in [0.15, 0.2) is 60.8 Å². The molecule has 0 unspecified atom stereocenters. The van der Waals surface area contributed by atoms with E-state index in [2.05, 4.69) is 15.3 Å². The molecule has 0 atom stereocenters. The number of carbonyl (C=O) groups excluding carboxylic acids is 1. The first-order valence-electron chi connectivity index (χ1n) is 16.1. The van der Waals surface area contributed by atoms with Crippen molar-refractivity contribution < 1.29 is 19.4 Å². The Morgan fingerprint density at radius 2 is 1.85 bits per heavy atom. The maximum atomic E-state index is 13.5. The number of fused-ring (bicyclic) bond motifs is 2. The number of methoxy groups -OCH3 is 1. The zero-order valence-electron chi connectivity index (χ0n) is 26.7. The van der Waals surface area contributed by atoms with Crippen molar-refractivity contribution in [3.8, 4) is 11.1 Å². The third-order valence-corrected chi connectivity index (χ3v) is 10.6. The minimum absolute atomic E-state index is 0.0120. The highest BCUT2D eigenvalue weighted by Crippen LogP contribution is 2.39. The maximum absolute atomic E-state index is 13.5. The number of aromatic carboxylic acids is 1. The number of carbonyl (C=O) groups is 2. The molecule has 10 nitrogen and oxygen atoms in total. The van der Waals surface area contributed by atoms with Crippen LogP contribution in [0.25, 0.3) is 21.3 Å². The SMILES string of the molecule is COCC1(Cn2ncc(-c3ccc(N4CCc5cccc(C(=O)Nc6nc7ccccc7s6)c5C4)nc3C(=O)O)c2C)CCCCC1. The summed E-state index contributed by atoms with van der Waals surface area (Å²) in [4.78, 5) is 37.4. The van der Waals surface area contributed by atoms with Crippen molar-refractivity contribution in [2.45, 2.75) is 58.5 Å². The molecule has 0 bridgehead atoms. The number of rotatable bonds is 9. The third-order valence-electron chi connectivity index (χ3n) is 9.68. The lowest BCUT2D eigenvalue weighted by molar-refractivity contribution is 0.0316. The number of benzene rings is 2. The van der Waals surface area contributed by atoms with E-state index in [1.54, 1.807) is 13.3 Å². The number of anilines is 2. The summed E-state index contributed by atoms with van der Waals surface area (Å²) in [6.45, 7) is 4.50. The van der Waals surface area contributed by atoms with Gasteiger partial charge in [-0.25, -0.2) is 14.8 Å². The van der Waals surface area contributed by atoms with Gasteiger partial charge in [-0.15, -0.1) is 0 Å². The molecule has 7 rings (SSSR count). The third kappa shape index (κ3) is 6.13. The van der Waals surface area contributed by atoms with Gasteiger partial charge in [0, 0.05) is 54.5 Å². The van der Waals surface area contributed by atoms with Crippen molar-refractivity contribution in [2.24, 2.45) is 5.41 Å². The molecule has 2 aromatic carbocycles. The molecule has 3 aromatic heterocycles. The monoisotopic (exact) mass is 650 g/mol. The predicted octanol–water partition coefficient (Wildman–Crippen LogP) is 6.97. The number of aromatic nitrogens is 4. The molecule has 11 heteroatoms. The summed E-state index contributed by atoms with van der Waals surface area (Å²) < 4.78 is 8.64. The molecule has 2 aliphatic rings. The number of hydrogen-bond donors (Lipinski definition) is 2. The first kappa shape index (κ1) is 31.0. The number of nitrogens with zero attached hydrogens (tertiary/aromatic N) is 5. The number of para-hydroxylation sites is 1. The van der Waals surface area contributed by atoms with Gasteiger partial charge in [-0.2, -0.15) is 5.10 Å². The number of nitrogens with one attached hydrogen (secondary N) is 1. The van der Waals surface area contributed by atoms with Gasteiger partial charge < -0.3 is 14.7 Å². The predicted molar refractivity (Wildman–Crippen MR) is 183 cm³/mol. The average molecular weight is 651 g/mol. The van der Waals surface area contributed by atoms with Crippen LogP contribution >= 0.6 is 11.3 Å². The lowest BCUT2D eigenvalue weighted by Gasteiger charge is -2.37. The molecule has 1 aliphatic heterocycles. The van der Waals surface area contributed by atoms with E-state index < -0.39 is 5.97 Å². The second-order valence-corrected chi connectivity index (χ2v) is 13.8. The van der Waals surface area contributed by atoms with Crippen molar-refractivity contribution in [3.05, 3.63) is 88.9 Å². The number of amides is 1. The first-order chi connectivity index (χ1) is 22.8. The van der Waals surface area contributed by atoms with Gasteiger partial charge in [0.05, 0.1) is 23.0 Å². The van der Waals surface area contributed by atoms with Crippen LogP contribution in [0.4, 0.5) is 10.9 Å². The molecule has 242 valence electrons. The first-order valence-corrected chi connectivity index (χ1v) is 16.9. The fraction of sp³-hybridized carbons (Fsp3) is 0.361. The van der Waals surface area contributed by atoms with Gasteiger partial charge in [-0.05, 0) is 67.6 Å². The van der Waals surface area contributed by atoms with Gasteiger partial charge in [-0.3, -0.25) is 14.8 Å². The Hall–Kier alpha value is -4.61. The second kappa shape index (κ2) is 12.9. The number of ether oxygens (including phenoxy) is 1. The van der Waals surface area contributed by atoms with Crippen LogP contribution in [0.5, 0.6) is 0 Å². The molecular weight excluding hydrogens is 613 g/mol. The van der Waals surface area contributed by atoms with Gasteiger partial charge in [0.25, 0.3) is 5.91 Å². The highest BCUT2D eigenvalue weighted by Gasteiger charge is 2.34. The summed E-state index contributed by atoms with van der Waals surface area (Å²) in [7, 11) is 1.75. The Kier molecular flexibility index (Phi) is 8.50. The van der Waals surface area contributed by atoms with E-state index in [1.807, 2.05) is 71.1 Å². The molecular formula is C36H38N6O4S. The number of pyridine rings is 1. The fourth-order valence-corrected chi connectivity index (χ4v) is 8.09. The van der Waals surface area contributed by atoms with Crippen LogP contribution in [-0.2, 0) is 24.2 Å². The van der Waals surface area contributed by atoms with Crippen LogP contribution < -0.4 is 10.2 Å². The standard InChI is InChI=1S/C36H38N6O4S/c1-23-27(19-37-42(23)21-36(22-46-2)16-6-3-7-17-36)25-13-14-31(39-32(25)34(44)45)41-18-15-24-9-8-10-26(28(24)20-41)33(43)40-35-38-29-11-4-5-12-30(29)47-35/h4-5,8-14,19H,3,6-7,15-18,20-22H2,1-2H3,(H,44,45)(H,38,40,43). The molecule has 1 fully saturated rings. The quantitative estimate of drug-likeness (QED) is 0.175. The van der Waals surface area contributed by atoms with Gasteiger partial charge in [0.1, 0.15) is 5.82 Å². The van der Waals surface area contributed by atoms with E-state index in [4.69, 9.17) is 9.84 Å². The topological polar surface area (TPSA) is 122 Å². The minimum atomic E-state index is -1.09. The second-order valence-electron chi connectivity index (χ2n) is 12.7. The highest BCUT2D eigenvalue weighted by molar-refractivity contribution is 7.22. The van der Waals surface area contributed by atoms with E-state index in [-0.39, 0.29) is 17.0 Å². The molecule has 5 aromatic rings. The average Bonchev–Trinajstić information content (AvgIpc) is 3.66. The number of hydrogen-bond acceptors (Lipinski definition) is 8. The van der Waals surface area contributed by atoms with E-state index in [0.29, 0.717) is 48.2 Å². The molecule has 0 radical (unpaired) electrons. The summed E-state index contributed by atoms with van der Waals surface area (Å²) in [6.07, 6.45) is 8.26.